The summed E-state index contributed by atoms with van der Waals surface area (Å²) in [6, 6.07) is 13.7. The number of halogens is 1. The highest BCUT2D eigenvalue weighted by molar-refractivity contribution is 14.1. The third-order valence-corrected chi connectivity index (χ3v) is 5.50. The fraction of sp³-hybridized carbons (Fsp3) is 0.412. The molecule has 0 saturated carbocycles. The Bertz CT molecular complexity index is 535. The zero-order valence-corrected chi connectivity index (χ0v) is 15.1. The molecule has 20 heavy (non-hydrogen) atoms. The van der Waals surface area contributed by atoms with Crippen LogP contribution in [0.25, 0.3) is 10.4 Å². The molecule has 0 fully saturated rings. The Kier molecular flexibility index (Phi) is 6.52. The molecule has 0 amide bonds. The van der Waals surface area contributed by atoms with E-state index in [4.69, 9.17) is 0 Å². The van der Waals surface area contributed by atoms with Gasteiger partial charge in [0.1, 0.15) is 0 Å². The molecular weight excluding hydrogens is 377 g/mol. The van der Waals surface area contributed by atoms with Crippen LogP contribution in [0.4, 0.5) is 0 Å². The summed E-state index contributed by atoms with van der Waals surface area (Å²) in [6.45, 7) is 5.58. The van der Waals surface area contributed by atoms with Crippen LogP contribution in [0.5, 0.6) is 0 Å². The van der Waals surface area contributed by atoms with Crippen molar-refractivity contribution in [3.63, 3.8) is 0 Å². The Morgan fingerprint density at radius 3 is 2.60 bits per heavy atom. The predicted molar refractivity (Wildman–Crippen MR) is 98.4 cm³/mol. The van der Waals surface area contributed by atoms with Gasteiger partial charge in [-0.25, -0.2) is 0 Å². The van der Waals surface area contributed by atoms with Gasteiger partial charge in [-0.1, -0.05) is 38.5 Å². The SMILES string of the molecule is CCCNC(CCC)c1ccc(-c2ccccc2I)s1. The van der Waals surface area contributed by atoms with Crippen LogP contribution in [0.15, 0.2) is 36.4 Å². The summed E-state index contributed by atoms with van der Waals surface area (Å²) in [4.78, 5) is 2.85. The summed E-state index contributed by atoms with van der Waals surface area (Å²) in [5.74, 6) is 0. The maximum atomic E-state index is 3.67. The van der Waals surface area contributed by atoms with Crippen LogP contribution >= 0.6 is 33.9 Å². The van der Waals surface area contributed by atoms with Crippen molar-refractivity contribution in [2.24, 2.45) is 0 Å². The Hall–Kier alpha value is -0.390. The molecule has 1 atom stereocenters. The zero-order valence-electron chi connectivity index (χ0n) is 12.2. The number of thiophene rings is 1. The average molecular weight is 399 g/mol. The Balaban J connectivity index is 2.20. The van der Waals surface area contributed by atoms with Gasteiger partial charge in [0.2, 0.25) is 0 Å². The van der Waals surface area contributed by atoms with Crippen molar-refractivity contribution in [1.29, 1.82) is 0 Å². The minimum Gasteiger partial charge on any atom is -0.309 e. The lowest BCUT2D eigenvalue weighted by atomic mass is 10.1. The number of hydrogen-bond donors (Lipinski definition) is 1. The molecule has 1 aromatic carbocycles. The van der Waals surface area contributed by atoms with Gasteiger partial charge in [0, 0.05) is 24.9 Å². The fourth-order valence-electron chi connectivity index (χ4n) is 2.30. The highest BCUT2D eigenvalue weighted by Gasteiger charge is 2.13. The van der Waals surface area contributed by atoms with E-state index in [0.29, 0.717) is 6.04 Å². The molecule has 2 rings (SSSR count). The highest BCUT2D eigenvalue weighted by Crippen LogP contribution is 2.35. The van der Waals surface area contributed by atoms with E-state index in [1.54, 1.807) is 0 Å². The van der Waals surface area contributed by atoms with Gasteiger partial charge >= 0.3 is 0 Å². The first-order chi connectivity index (χ1) is 9.76. The van der Waals surface area contributed by atoms with E-state index in [0.717, 1.165) is 6.54 Å². The molecule has 108 valence electrons. The van der Waals surface area contributed by atoms with E-state index in [1.807, 2.05) is 11.3 Å². The van der Waals surface area contributed by atoms with Gasteiger partial charge in [0.05, 0.1) is 0 Å². The molecule has 0 aliphatic carbocycles. The maximum Gasteiger partial charge on any atom is 0.0414 e. The quantitative estimate of drug-likeness (QED) is 0.575. The topological polar surface area (TPSA) is 12.0 Å². The Labute approximate surface area is 139 Å². The first-order valence-electron chi connectivity index (χ1n) is 7.34. The smallest absolute Gasteiger partial charge is 0.0414 e. The monoisotopic (exact) mass is 399 g/mol. The molecule has 1 nitrogen and oxygen atoms in total. The molecule has 0 bridgehead atoms. The minimum atomic E-state index is 0.514. The van der Waals surface area contributed by atoms with Crippen molar-refractivity contribution in [3.05, 3.63) is 44.8 Å². The van der Waals surface area contributed by atoms with Gasteiger partial charge in [-0.05, 0) is 60.2 Å². The van der Waals surface area contributed by atoms with Crippen molar-refractivity contribution >= 4 is 33.9 Å². The van der Waals surface area contributed by atoms with Crippen LogP contribution in [-0.2, 0) is 0 Å². The van der Waals surface area contributed by atoms with Crippen molar-refractivity contribution < 1.29 is 0 Å². The molecule has 1 heterocycles. The number of rotatable bonds is 7. The molecule has 0 aliphatic heterocycles. The highest BCUT2D eigenvalue weighted by atomic mass is 127. The van der Waals surface area contributed by atoms with E-state index in [2.05, 4.69) is 78.2 Å². The second kappa shape index (κ2) is 8.15. The van der Waals surface area contributed by atoms with Crippen LogP contribution in [-0.4, -0.2) is 6.54 Å². The zero-order chi connectivity index (χ0) is 14.4. The third-order valence-electron chi connectivity index (χ3n) is 3.33. The second-order valence-corrected chi connectivity index (χ2v) is 7.25. The van der Waals surface area contributed by atoms with Crippen LogP contribution in [0.1, 0.15) is 44.0 Å². The molecule has 3 heteroatoms. The largest absolute Gasteiger partial charge is 0.309 e. The molecule has 0 aliphatic rings. The minimum absolute atomic E-state index is 0.514. The molecule has 0 radical (unpaired) electrons. The molecular formula is C17H22INS. The first kappa shape index (κ1) is 16.0. The van der Waals surface area contributed by atoms with Crippen LogP contribution in [0.2, 0.25) is 0 Å². The molecule has 0 saturated heterocycles. The summed E-state index contributed by atoms with van der Waals surface area (Å²) in [5.41, 5.74) is 1.36. The van der Waals surface area contributed by atoms with Crippen molar-refractivity contribution in [3.8, 4) is 10.4 Å². The number of nitrogens with one attached hydrogen (secondary N) is 1. The van der Waals surface area contributed by atoms with E-state index >= 15 is 0 Å². The van der Waals surface area contributed by atoms with Crippen LogP contribution < -0.4 is 5.32 Å². The molecule has 1 N–H and O–H groups in total. The summed E-state index contributed by atoms with van der Waals surface area (Å²) >= 11 is 4.35. The van der Waals surface area contributed by atoms with Gasteiger partial charge in [-0.2, -0.15) is 0 Å². The van der Waals surface area contributed by atoms with Crippen molar-refractivity contribution in [1.82, 2.24) is 5.32 Å². The van der Waals surface area contributed by atoms with E-state index in [-0.39, 0.29) is 0 Å². The predicted octanol–water partition coefficient (Wildman–Crippen LogP) is 5.86. The van der Waals surface area contributed by atoms with Gasteiger partial charge in [-0.15, -0.1) is 11.3 Å². The van der Waals surface area contributed by atoms with Crippen molar-refractivity contribution in [2.75, 3.05) is 6.54 Å². The molecule has 1 aromatic heterocycles. The average Bonchev–Trinajstić information content (AvgIpc) is 2.93. The maximum absolute atomic E-state index is 3.67. The van der Waals surface area contributed by atoms with E-state index < -0.39 is 0 Å². The van der Waals surface area contributed by atoms with Gasteiger partial charge in [0.15, 0.2) is 0 Å². The lowest BCUT2D eigenvalue weighted by Gasteiger charge is -2.16. The van der Waals surface area contributed by atoms with Crippen molar-refractivity contribution in [2.45, 2.75) is 39.2 Å². The number of hydrogen-bond acceptors (Lipinski definition) is 2. The van der Waals surface area contributed by atoms with Crippen LogP contribution in [0.3, 0.4) is 0 Å². The summed E-state index contributed by atoms with van der Waals surface area (Å²) < 4.78 is 1.33. The molecule has 0 spiro atoms. The van der Waals surface area contributed by atoms with Crippen LogP contribution in [0, 0.1) is 3.57 Å². The molecule has 2 aromatic rings. The third kappa shape index (κ3) is 4.06. The Morgan fingerprint density at radius 1 is 1.10 bits per heavy atom. The first-order valence-corrected chi connectivity index (χ1v) is 9.23. The summed E-state index contributed by atoms with van der Waals surface area (Å²) in [7, 11) is 0. The number of benzene rings is 1. The Morgan fingerprint density at radius 2 is 1.90 bits per heavy atom. The molecule has 1 unspecified atom stereocenters. The van der Waals surface area contributed by atoms with Gasteiger partial charge < -0.3 is 5.32 Å². The van der Waals surface area contributed by atoms with E-state index in [1.165, 1.54) is 38.2 Å². The summed E-state index contributed by atoms with van der Waals surface area (Å²) in [5, 5.41) is 3.67. The summed E-state index contributed by atoms with van der Waals surface area (Å²) in [6.07, 6.45) is 3.62. The second-order valence-electron chi connectivity index (χ2n) is 4.98. The van der Waals surface area contributed by atoms with Gasteiger partial charge in [0.25, 0.3) is 0 Å². The lowest BCUT2D eigenvalue weighted by molar-refractivity contribution is 0.501. The normalized spacial score (nSPS) is 12.6. The van der Waals surface area contributed by atoms with E-state index in [9.17, 15) is 0 Å². The fourth-order valence-corrected chi connectivity index (χ4v) is 4.32. The standard InChI is InChI=1S/C17H22INS/c1-3-7-15(19-12-4-2)17-11-10-16(20-17)13-8-5-6-9-14(13)18/h5-6,8-11,15,19H,3-4,7,12H2,1-2H3. The lowest BCUT2D eigenvalue weighted by Crippen LogP contribution is -2.21. The van der Waals surface area contributed by atoms with Gasteiger partial charge in [-0.3, -0.25) is 0 Å².